The second kappa shape index (κ2) is 11.9. The first-order chi connectivity index (χ1) is 18.3. The SMILES string of the molecule is C=CCCOc1ccc(/C=C/c2ccc(-c3ccc(-c4ccc(C(C)O)cc4)c(F)c3F)cc2)c(F)c1F. The van der Waals surface area contributed by atoms with Crippen LogP contribution in [0, 0.1) is 23.3 Å². The van der Waals surface area contributed by atoms with E-state index >= 15 is 4.39 Å². The predicted molar refractivity (Wildman–Crippen MR) is 143 cm³/mol. The van der Waals surface area contributed by atoms with Crippen LogP contribution in [0.4, 0.5) is 17.6 Å². The number of halogens is 4. The number of hydrogen-bond donors (Lipinski definition) is 1. The van der Waals surface area contributed by atoms with Crippen LogP contribution in [0.25, 0.3) is 34.4 Å². The van der Waals surface area contributed by atoms with Crippen molar-refractivity contribution >= 4 is 12.2 Å². The number of ether oxygens (including phenoxy) is 1. The number of aliphatic hydroxyl groups is 1. The molecular weight excluding hydrogens is 492 g/mol. The van der Waals surface area contributed by atoms with Gasteiger partial charge in [0.2, 0.25) is 5.82 Å². The average molecular weight is 519 g/mol. The summed E-state index contributed by atoms with van der Waals surface area (Å²) in [6.07, 6.45) is 4.50. The van der Waals surface area contributed by atoms with E-state index in [0.717, 1.165) is 0 Å². The van der Waals surface area contributed by atoms with E-state index in [1.807, 2.05) is 0 Å². The fourth-order valence-corrected chi connectivity index (χ4v) is 3.94. The maximum atomic E-state index is 15.0. The van der Waals surface area contributed by atoms with Crippen LogP contribution in [0.15, 0.2) is 85.5 Å². The molecule has 4 aromatic rings. The fourth-order valence-electron chi connectivity index (χ4n) is 3.94. The molecule has 0 bridgehead atoms. The van der Waals surface area contributed by atoms with E-state index in [1.54, 1.807) is 67.6 Å². The van der Waals surface area contributed by atoms with Crippen molar-refractivity contribution in [3.05, 3.63) is 125 Å². The van der Waals surface area contributed by atoms with Crippen molar-refractivity contribution in [3.8, 4) is 28.0 Å². The van der Waals surface area contributed by atoms with Crippen LogP contribution in [0.1, 0.15) is 36.1 Å². The maximum absolute atomic E-state index is 15.0. The lowest BCUT2D eigenvalue weighted by atomic mass is 9.97. The molecule has 0 saturated carbocycles. The van der Waals surface area contributed by atoms with Gasteiger partial charge >= 0.3 is 0 Å². The van der Waals surface area contributed by atoms with Gasteiger partial charge in [0.15, 0.2) is 23.2 Å². The smallest absolute Gasteiger partial charge is 0.201 e. The Kier molecular flexibility index (Phi) is 8.44. The molecular formula is C32H26F4O2. The summed E-state index contributed by atoms with van der Waals surface area (Å²) in [5, 5.41) is 9.65. The Morgan fingerprint density at radius 1 is 0.737 bits per heavy atom. The lowest BCUT2D eigenvalue weighted by Crippen LogP contribution is -2.00. The van der Waals surface area contributed by atoms with Crippen molar-refractivity contribution in [2.45, 2.75) is 19.4 Å². The highest BCUT2D eigenvalue weighted by Gasteiger charge is 2.16. The Labute approximate surface area is 219 Å². The number of hydrogen-bond acceptors (Lipinski definition) is 2. The third-order valence-electron chi connectivity index (χ3n) is 6.12. The Bertz CT molecular complexity index is 1460. The average Bonchev–Trinajstić information content (AvgIpc) is 2.92. The third-order valence-corrected chi connectivity index (χ3v) is 6.12. The van der Waals surface area contributed by atoms with Crippen LogP contribution < -0.4 is 4.74 Å². The van der Waals surface area contributed by atoms with Crippen molar-refractivity contribution in [2.24, 2.45) is 0 Å². The largest absolute Gasteiger partial charge is 0.490 e. The summed E-state index contributed by atoms with van der Waals surface area (Å²) < 4.78 is 63.9. The van der Waals surface area contributed by atoms with Gasteiger partial charge in [0.1, 0.15) is 0 Å². The number of benzene rings is 4. The Hall–Kier alpha value is -4.16. The molecule has 0 amide bonds. The highest BCUT2D eigenvalue weighted by molar-refractivity contribution is 5.75. The van der Waals surface area contributed by atoms with Gasteiger partial charge in [-0.3, -0.25) is 0 Å². The summed E-state index contributed by atoms with van der Waals surface area (Å²) in [6, 6.07) is 19.0. The zero-order chi connectivity index (χ0) is 27.2. The van der Waals surface area contributed by atoms with E-state index < -0.39 is 29.4 Å². The highest BCUT2D eigenvalue weighted by atomic mass is 19.2. The van der Waals surface area contributed by atoms with Gasteiger partial charge in [0.05, 0.1) is 12.7 Å². The minimum atomic E-state index is -1.06. The molecule has 0 radical (unpaired) electrons. The molecule has 2 nitrogen and oxygen atoms in total. The molecule has 0 spiro atoms. The molecule has 0 fully saturated rings. The van der Waals surface area contributed by atoms with E-state index in [-0.39, 0.29) is 29.0 Å². The number of aliphatic hydroxyl groups excluding tert-OH is 1. The monoisotopic (exact) mass is 518 g/mol. The predicted octanol–water partition coefficient (Wildman–Crippen LogP) is 8.76. The molecule has 1 N–H and O–H groups in total. The van der Waals surface area contributed by atoms with Crippen molar-refractivity contribution in [3.63, 3.8) is 0 Å². The molecule has 1 unspecified atom stereocenters. The molecule has 194 valence electrons. The van der Waals surface area contributed by atoms with Crippen molar-refractivity contribution in [1.29, 1.82) is 0 Å². The lowest BCUT2D eigenvalue weighted by molar-refractivity contribution is 0.199. The number of rotatable bonds is 9. The quantitative estimate of drug-likeness (QED) is 0.104. The van der Waals surface area contributed by atoms with Crippen LogP contribution in [0.3, 0.4) is 0 Å². The van der Waals surface area contributed by atoms with Crippen molar-refractivity contribution < 1.29 is 27.4 Å². The van der Waals surface area contributed by atoms with Crippen LogP contribution in [-0.2, 0) is 0 Å². The summed E-state index contributed by atoms with van der Waals surface area (Å²) in [5.41, 5.74) is 2.57. The van der Waals surface area contributed by atoms with Crippen LogP contribution in [0.2, 0.25) is 0 Å². The van der Waals surface area contributed by atoms with E-state index in [4.69, 9.17) is 4.74 Å². The molecule has 0 aliphatic heterocycles. The summed E-state index contributed by atoms with van der Waals surface area (Å²) in [4.78, 5) is 0. The van der Waals surface area contributed by atoms with Crippen LogP contribution in [-0.4, -0.2) is 11.7 Å². The fraction of sp³-hybridized carbons (Fsp3) is 0.125. The summed E-state index contributed by atoms with van der Waals surface area (Å²) in [7, 11) is 0. The van der Waals surface area contributed by atoms with Gasteiger partial charge in [-0.05, 0) is 47.7 Å². The normalized spacial score (nSPS) is 12.1. The zero-order valence-electron chi connectivity index (χ0n) is 20.7. The summed E-state index contributed by atoms with van der Waals surface area (Å²) in [5.74, 6) is -4.19. The van der Waals surface area contributed by atoms with Gasteiger partial charge in [-0.2, -0.15) is 4.39 Å². The van der Waals surface area contributed by atoms with Gasteiger partial charge in [-0.25, -0.2) is 13.2 Å². The van der Waals surface area contributed by atoms with E-state index in [2.05, 4.69) is 6.58 Å². The first kappa shape index (κ1) is 26.9. The summed E-state index contributed by atoms with van der Waals surface area (Å²) in [6.45, 7) is 5.38. The molecule has 38 heavy (non-hydrogen) atoms. The second-order valence-corrected chi connectivity index (χ2v) is 8.75. The van der Waals surface area contributed by atoms with Gasteiger partial charge in [0.25, 0.3) is 0 Å². The molecule has 0 aliphatic carbocycles. The van der Waals surface area contributed by atoms with Crippen molar-refractivity contribution in [2.75, 3.05) is 6.61 Å². The molecule has 0 aliphatic rings. The zero-order valence-corrected chi connectivity index (χ0v) is 20.7. The second-order valence-electron chi connectivity index (χ2n) is 8.75. The lowest BCUT2D eigenvalue weighted by Gasteiger charge is -2.11. The van der Waals surface area contributed by atoms with E-state index in [0.29, 0.717) is 28.7 Å². The topological polar surface area (TPSA) is 29.5 Å². The van der Waals surface area contributed by atoms with Crippen LogP contribution in [0.5, 0.6) is 5.75 Å². The Morgan fingerprint density at radius 2 is 1.32 bits per heavy atom. The third kappa shape index (κ3) is 5.87. The molecule has 4 aromatic carbocycles. The maximum Gasteiger partial charge on any atom is 0.201 e. The minimum absolute atomic E-state index is 0.0489. The Balaban J connectivity index is 1.52. The molecule has 0 saturated heterocycles. The first-order valence-electron chi connectivity index (χ1n) is 12.1. The van der Waals surface area contributed by atoms with Crippen LogP contribution >= 0.6 is 0 Å². The van der Waals surface area contributed by atoms with Gasteiger partial charge in [-0.1, -0.05) is 78.9 Å². The van der Waals surface area contributed by atoms with Gasteiger partial charge in [0, 0.05) is 16.7 Å². The van der Waals surface area contributed by atoms with E-state index in [9.17, 15) is 18.3 Å². The molecule has 0 heterocycles. The van der Waals surface area contributed by atoms with Crippen molar-refractivity contribution in [1.82, 2.24) is 0 Å². The molecule has 1 atom stereocenters. The Morgan fingerprint density at radius 3 is 1.87 bits per heavy atom. The van der Waals surface area contributed by atoms with Gasteiger partial charge in [-0.15, -0.1) is 6.58 Å². The molecule has 6 heteroatoms. The van der Waals surface area contributed by atoms with E-state index in [1.165, 1.54) is 30.3 Å². The highest BCUT2D eigenvalue weighted by Crippen LogP contribution is 2.32. The first-order valence-corrected chi connectivity index (χ1v) is 12.1. The summed E-state index contributed by atoms with van der Waals surface area (Å²) >= 11 is 0. The molecule has 0 aromatic heterocycles. The van der Waals surface area contributed by atoms with Gasteiger partial charge < -0.3 is 9.84 Å². The molecule has 4 rings (SSSR count). The standard InChI is InChI=1S/C32H26F4O2/c1-3-4-19-38-28-18-15-25(29(33)32(28)36)10-7-21-5-8-23(9-6-21)26-16-17-27(31(35)30(26)34)24-13-11-22(12-14-24)20(2)37/h3,5-18,20,37H,1,4,19H2,2H3/b10-7+. The minimum Gasteiger partial charge on any atom is -0.490 e.